The standard InChI is InChI=1S/C16H33N5O2S/c1-3-17-16(18-8-9-19-24(2,22)23)21-12-7-15(14-21)13-20-10-5-4-6-11-20/h15,19H,3-14H2,1-2H3,(H,17,18). The van der Waals surface area contributed by atoms with Crippen molar-refractivity contribution in [3.05, 3.63) is 0 Å². The van der Waals surface area contributed by atoms with Gasteiger partial charge in [0.15, 0.2) is 5.96 Å². The first kappa shape index (κ1) is 19.5. The summed E-state index contributed by atoms with van der Waals surface area (Å²) in [5.74, 6) is 1.62. The minimum absolute atomic E-state index is 0.346. The summed E-state index contributed by atoms with van der Waals surface area (Å²) >= 11 is 0. The third-order valence-corrected chi connectivity index (χ3v) is 5.35. The maximum absolute atomic E-state index is 11.1. The van der Waals surface area contributed by atoms with E-state index in [0.29, 0.717) is 19.0 Å². The lowest BCUT2D eigenvalue weighted by atomic mass is 10.1. The normalized spacial score (nSPS) is 23.7. The maximum Gasteiger partial charge on any atom is 0.208 e. The average molecular weight is 360 g/mol. The number of nitrogens with one attached hydrogen (secondary N) is 2. The molecule has 1 atom stereocenters. The molecule has 0 aliphatic carbocycles. The van der Waals surface area contributed by atoms with Gasteiger partial charge in [-0.2, -0.15) is 0 Å². The molecule has 0 aromatic rings. The van der Waals surface area contributed by atoms with Crippen LogP contribution in [0.2, 0.25) is 0 Å². The van der Waals surface area contributed by atoms with Gasteiger partial charge in [0.05, 0.1) is 12.8 Å². The molecule has 2 saturated heterocycles. The van der Waals surface area contributed by atoms with E-state index in [0.717, 1.165) is 25.6 Å². The summed E-state index contributed by atoms with van der Waals surface area (Å²) in [5.41, 5.74) is 0. The lowest BCUT2D eigenvalue weighted by Gasteiger charge is -2.29. The zero-order chi connectivity index (χ0) is 17.4. The summed E-state index contributed by atoms with van der Waals surface area (Å²) in [4.78, 5) is 9.50. The van der Waals surface area contributed by atoms with Crippen LogP contribution in [0, 0.1) is 5.92 Å². The minimum Gasteiger partial charge on any atom is -0.357 e. The largest absolute Gasteiger partial charge is 0.357 e. The Morgan fingerprint density at radius 1 is 1.21 bits per heavy atom. The summed E-state index contributed by atoms with van der Waals surface area (Å²) in [7, 11) is -3.14. The van der Waals surface area contributed by atoms with E-state index in [1.165, 1.54) is 51.6 Å². The van der Waals surface area contributed by atoms with Crippen LogP contribution in [0.5, 0.6) is 0 Å². The fraction of sp³-hybridized carbons (Fsp3) is 0.938. The van der Waals surface area contributed by atoms with Crippen molar-refractivity contribution in [2.24, 2.45) is 10.9 Å². The van der Waals surface area contributed by atoms with Gasteiger partial charge in [-0.05, 0) is 45.2 Å². The van der Waals surface area contributed by atoms with Crippen LogP contribution in [0.15, 0.2) is 4.99 Å². The first-order valence-corrected chi connectivity index (χ1v) is 11.1. The molecule has 0 aromatic heterocycles. The smallest absolute Gasteiger partial charge is 0.208 e. The SMILES string of the molecule is CCNC(=NCCNS(C)(=O)=O)N1CCC(CN2CCCCC2)C1. The topological polar surface area (TPSA) is 77.0 Å². The Bertz CT molecular complexity index is 503. The van der Waals surface area contributed by atoms with E-state index in [9.17, 15) is 8.42 Å². The van der Waals surface area contributed by atoms with Crippen LogP contribution in [0.1, 0.15) is 32.6 Å². The zero-order valence-electron chi connectivity index (χ0n) is 15.1. The highest BCUT2D eigenvalue weighted by Crippen LogP contribution is 2.19. The number of piperidine rings is 1. The van der Waals surface area contributed by atoms with Crippen LogP contribution in [0.4, 0.5) is 0 Å². The van der Waals surface area contributed by atoms with E-state index in [1.807, 2.05) is 0 Å². The van der Waals surface area contributed by atoms with Crippen molar-refractivity contribution >= 4 is 16.0 Å². The number of likely N-dealkylation sites (tertiary alicyclic amines) is 2. The molecule has 2 N–H and O–H groups in total. The van der Waals surface area contributed by atoms with Crippen molar-refractivity contribution in [1.29, 1.82) is 0 Å². The van der Waals surface area contributed by atoms with Crippen LogP contribution in [0.3, 0.4) is 0 Å². The van der Waals surface area contributed by atoms with Gasteiger partial charge in [-0.25, -0.2) is 13.1 Å². The molecule has 2 rings (SSSR count). The Hall–Kier alpha value is -0.860. The Balaban J connectivity index is 1.80. The van der Waals surface area contributed by atoms with Crippen LogP contribution < -0.4 is 10.0 Å². The van der Waals surface area contributed by atoms with E-state index >= 15 is 0 Å². The molecule has 2 fully saturated rings. The van der Waals surface area contributed by atoms with Gasteiger partial charge in [-0.1, -0.05) is 6.42 Å². The zero-order valence-corrected chi connectivity index (χ0v) is 15.9. The van der Waals surface area contributed by atoms with E-state index in [1.54, 1.807) is 0 Å². The predicted octanol–water partition coefficient (Wildman–Crippen LogP) is 0.309. The fourth-order valence-corrected chi connectivity index (χ4v) is 3.96. The highest BCUT2D eigenvalue weighted by molar-refractivity contribution is 7.88. The molecule has 24 heavy (non-hydrogen) atoms. The van der Waals surface area contributed by atoms with E-state index in [4.69, 9.17) is 0 Å². The number of guanidine groups is 1. The first-order chi connectivity index (χ1) is 11.5. The minimum atomic E-state index is -3.14. The lowest BCUT2D eigenvalue weighted by Crippen LogP contribution is -2.41. The first-order valence-electron chi connectivity index (χ1n) is 9.18. The van der Waals surface area contributed by atoms with E-state index < -0.39 is 10.0 Å². The summed E-state index contributed by atoms with van der Waals surface area (Å²) < 4.78 is 24.7. The van der Waals surface area contributed by atoms with Crippen molar-refractivity contribution < 1.29 is 8.42 Å². The second kappa shape index (κ2) is 9.58. The van der Waals surface area contributed by atoms with Gasteiger partial charge in [-0.3, -0.25) is 4.99 Å². The van der Waals surface area contributed by atoms with Crippen LogP contribution >= 0.6 is 0 Å². The van der Waals surface area contributed by atoms with Gasteiger partial charge in [0, 0.05) is 32.7 Å². The quantitative estimate of drug-likeness (QED) is 0.389. The third kappa shape index (κ3) is 6.94. The number of hydrogen-bond donors (Lipinski definition) is 2. The molecular formula is C16H33N5O2S. The molecule has 2 heterocycles. The Morgan fingerprint density at radius 3 is 2.62 bits per heavy atom. The molecule has 1 unspecified atom stereocenters. The Kier molecular flexibility index (Phi) is 7.77. The summed E-state index contributed by atoms with van der Waals surface area (Å²) in [6, 6.07) is 0. The summed E-state index contributed by atoms with van der Waals surface area (Å²) in [6.07, 6.45) is 6.45. The highest BCUT2D eigenvalue weighted by atomic mass is 32.2. The van der Waals surface area contributed by atoms with E-state index in [-0.39, 0.29) is 0 Å². The van der Waals surface area contributed by atoms with Crippen LogP contribution in [-0.2, 0) is 10.0 Å². The van der Waals surface area contributed by atoms with Crippen molar-refractivity contribution in [1.82, 2.24) is 19.8 Å². The molecule has 0 saturated carbocycles. The average Bonchev–Trinajstić information content (AvgIpc) is 2.99. The van der Waals surface area contributed by atoms with Gasteiger partial charge in [0.2, 0.25) is 10.0 Å². The van der Waals surface area contributed by atoms with Crippen LogP contribution in [-0.4, -0.2) is 82.8 Å². The van der Waals surface area contributed by atoms with Crippen LogP contribution in [0.25, 0.3) is 0 Å². The number of rotatable bonds is 7. The molecule has 7 nitrogen and oxygen atoms in total. The number of aliphatic imine (C=N–C) groups is 1. The van der Waals surface area contributed by atoms with Gasteiger partial charge in [-0.15, -0.1) is 0 Å². The Morgan fingerprint density at radius 2 is 1.96 bits per heavy atom. The molecule has 0 bridgehead atoms. The molecule has 2 aliphatic rings. The molecule has 0 spiro atoms. The monoisotopic (exact) mass is 359 g/mol. The van der Waals surface area contributed by atoms with Gasteiger partial charge < -0.3 is 15.1 Å². The van der Waals surface area contributed by atoms with Crippen molar-refractivity contribution in [3.63, 3.8) is 0 Å². The highest BCUT2D eigenvalue weighted by Gasteiger charge is 2.26. The van der Waals surface area contributed by atoms with Gasteiger partial charge in [0.1, 0.15) is 0 Å². The van der Waals surface area contributed by atoms with Crippen molar-refractivity contribution in [2.45, 2.75) is 32.6 Å². The molecular weight excluding hydrogens is 326 g/mol. The predicted molar refractivity (Wildman–Crippen MR) is 98.8 cm³/mol. The third-order valence-electron chi connectivity index (χ3n) is 4.62. The summed E-state index contributed by atoms with van der Waals surface area (Å²) in [5, 5.41) is 3.33. The molecule has 140 valence electrons. The molecule has 0 aromatic carbocycles. The number of nitrogens with zero attached hydrogens (tertiary/aromatic N) is 3. The van der Waals surface area contributed by atoms with E-state index in [2.05, 4.69) is 31.8 Å². The number of sulfonamides is 1. The molecule has 0 amide bonds. The van der Waals surface area contributed by atoms with Gasteiger partial charge >= 0.3 is 0 Å². The number of hydrogen-bond acceptors (Lipinski definition) is 4. The molecule has 0 radical (unpaired) electrons. The van der Waals surface area contributed by atoms with Crippen molar-refractivity contribution in [2.75, 3.05) is 58.6 Å². The van der Waals surface area contributed by atoms with Crippen molar-refractivity contribution in [3.8, 4) is 0 Å². The molecule has 2 aliphatic heterocycles. The Labute approximate surface area is 146 Å². The molecule has 8 heteroatoms. The lowest BCUT2D eigenvalue weighted by molar-refractivity contribution is 0.198. The fourth-order valence-electron chi connectivity index (χ4n) is 3.50. The van der Waals surface area contributed by atoms with Gasteiger partial charge in [0.25, 0.3) is 0 Å². The second-order valence-corrected chi connectivity index (χ2v) is 8.70. The maximum atomic E-state index is 11.1. The summed E-state index contributed by atoms with van der Waals surface area (Å²) in [6.45, 7) is 9.47. The second-order valence-electron chi connectivity index (χ2n) is 6.86.